The van der Waals surface area contributed by atoms with Crippen LogP contribution in [0.25, 0.3) is 0 Å². The average Bonchev–Trinajstić information content (AvgIpc) is 2.44. The van der Waals surface area contributed by atoms with E-state index in [4.69, 9.17) is 9.47 Å². The number of carbonyl (C=O) groups is 1. The zero-order valence-corrected chi connectivity index (χ0v) is 13.7. The third kappa shape index (κ3) is 3.56. The lowest BCUT2D eigenvalue weighted by atomic mass is 9.90. The van der Waals surface area contributed by atoms with Crippen molar-refractivity contribution in [1.82, 2.24) is 4.90 Å². The zero-order valence-electron chi connectivity index (χ0n) is 13.7. The highest BCUT2D eigenvalue weighted by Gasteiger charge is 2.26. The van der Waals surface area contributed by atoms with Crippen molar-refractivity contribution in [3.63, 3.8) is 0 Å². The molecule has 0 unspecified atom stereocenters. The van der Waals surface area contributed by atoms with E-state index in [2.05, 4.69) is 11.0 Å². The third-order valence-electron chi connectivity index (χ3n) is 4.00. The Hall–Kier alpha value is -1.55. The van der Waals surface area contributed by atoms with Crippen LogP contribution in [-0.4, -0.2) is 38.0 Å². The number of Topliss-reactive ketones (excluding diaryl/α,β-unsaturated/α-hetero) is 1. The summed E-state index contributed by atoms with van der Waals surface area (Å²) >= 11 is 0. The van der Waals surface area contributed by atoms with E-state index in [1.54, 1.807) is 14.2 Å². The fourth-order valence-corrected chi connectivity index (χ4v) is 2.52. The van der Waals surface area contributed by atoms with Gasteiger partial charge in [-0.15, -0.1) is 0 Å². The normalized spacial score (nSPS) is 15.5. The van der Waals surface area contributed by atoms with Crippen LogP contribution in [0.5, 0.6) is 11.5 Å². The first kappa shape index (κ1) is 15.8. The van der Waals surface area contributed by atoms with Gasteiger partial charge in [0, 0.05) is 18.5 Å². The second-order valence-electron chi connectivity index (χ2n) is 6.61. The van der Waals surface area contributed by atoms with Crippen molar-refractivity contribution in [3.8, 4) is 11.5 Å². The molecule has 0 N–H and O–H groups in total. The molecule has 1 aromatic carbocycles. The Morgan fingerprint density at radius 2 is 1.71 bits per heavy atom. The van der Waals surface area contributed by atoms with Gasteiger partial charge in [0.15, 0.2) is 17.3 Å². The van der Waals surface area contributed by atoms with Gasteiger partial charge in [0.1, 0.15) is 0 Å². The highest BCUT2D eigenvalue weighted by atomic mass is 16.5. The van der Waals surface area contributed by atoms with Gasteiger partial charge < -0.3 is 9.47 Å². The molecule has 1 aliphatic rings. The van der Waals surface area contributed by atoms with Crippen LogP contribution in [-0.2, 0) is 17.8 Å². The average molecular weight is 291 g/mol. The van der Waals surface area contributed by atoms with Crippen molar-refractivity contribution in [2.75, 3.05) is 27.3 Å². The summed E-state index contributed by atoms with van der Waals surface area (Å²) in [6.07, 6.45) is 0.938. The van der Waals surface area contributed by atoms with Gasteiger partial charge in [-0.2, -0.15) is 0 Å². The zero-order chi connectivity index (χ0) is 15.6. The summed E-state index contributed by atoms with van der Waals surface area (Å²) in [7, 11) is 3.30. The van der Waals surface area contributed by atoms with Gasteiger partial charge in [-0.05, 0) is 29.7 Å². The highest BCUT2D eigenvalue weighted by molar-refractivity contribution is 5.85. The maximum absolute atomic E-state index is 12.2. The van der Waals surface area contributed by atoms with Gasteiger partial charge in [-0.25, -0.2) is 0 Å². The number of benzene rings is 1. The van der Waals surface area contributed by atoms with Crippen molar-refractivity contribution < 1.29 is 14.3 Å². The van der Waals surface area contributed by atoms with Gasteiger partial charge in [0.2, 0.25) is 0 Å². The Kier molecular flexibility index (Phi) is 4.57. The van der Waals surface area contributed by atoms with E-state index in [-0.39, 0.29) is 11.2 Å². The van der Waals surface area contributed by atoms with E-state index in [0.29, 0.717) is 6.54 Å². The van der Waals surface area contributed by atoms with Crippen molar-refractivity contribution in [3.05, 3.63) is 23.3 Å². The minimum absolute atomic E-state index is 0.280. The predicted molar refractivity (Wildman–Crippen MR) is 83.0 cm³/mol. The number of ether oxygens (including phenoxy) is 2. The second kappa shape index (κ2) is 6.06. The first-order chi connectivity index (χ1) is 9.85. The molecule has 0 saturated carbocycles. The minimum atomic E-state index is -0.280. The quantitative estimate of drug-likeness (QED) is 0.855. The Morgan fingerprint density at radius 1 is 1.14 bits per heavy atom. The molecule has 0 bridgehead atoms. The third-order valence-corrected chi connectivity index (χ3v) is 4.00. The smallest absolute Gasteiger partial charge is 0.161 e. The molecule has 1 aliphatic heterocycles. The number of carbonyl (C=O) groups excluding carboxylic acids is 1. The van der Waals surface area contributed by atoms with Crippen LogP contribution in [0, 0.1) is 5.41 Å². The largest absolute Gasteiger partial charge is 0.493 e. The van der Waals surface area contributed by atoms with Crippen molar-refractivity contribution in [1.29, 1.82) is 0 Å². The van der Waals surface area contributed by atoms with Gasteiger partial charge >= 0.3 is 0 Å². The van der Waals surface area contributed by atoms with Crippen LogP contribution >= 0.6 is 0 Å². The maximum Gasteiger partial charge on any atom is 0.161 e. The van der Waals surface area contributed by atoms with E-state index >= 15 is 0 Å². The van der Waals surface area contributed by atoms with Gasteiger partial charge in [0.05, 0.1) is 20.8 Å². The van der Waals surface area contributed by atoms with Crippen LogP contribution in [0.1, 0.15) is 31.9 Å². The van der Waals surface area contributed by atoms with Gasteiger partial charge in [0.25, 0.3) is 0 Å². The Balaban J connectivity index is 2.15. The van der Waals surface area contributed by atoms with Crippen molar-refractivity contribution in [2.45, 2.75) is 33.7 Å². The number of rotatable bonds is 4. The number of hydrogen-bond donors (Lipinski definition) is 0. The molecule has 0 fully saturated rings. The summed E-state index contributed by atoms with van der Waals surface area (Å²) in [5.41, 5.74) is 2.23. The Bertz CT molecular complexity index is 532. The molecule has 4 heteroatoms. The van der Waals surface area contributed by atoms with E-state index in [0.717, 1.165) is 31.0 Å². The molecule has 0 aromatic heterocycles. The molecule has 0 spiro atoms. The molecule has 0 radical (unpaired) electrons. The molecule has 116 valence electrons. The molecule has 0 atom stereocenters. The van der Waals surface area contributed by atoms with E-state index in [9.17, 15) is 4.79 Å². The number of hydrogen-bond acceptors (Lipinski definition) is 4. The van der Waals surface area contributed by atoms with Crippen LogP contribution in [0.4, 0.5) is 0 Å². The lowest BCUT2D eigenvalue weighted by Gasteiger charge is -2.31. The fraction of sp³-hybridized carbons (Fsp3) is 0.588. The monoisotopic (exact) mass is 291 g/mol. The van der Waals surface area contributed by atoms with Gasteiger partial charge in [-0.3, -0.25) is 9.69 Å². The fourth-order valence-electron chi connectivity index (χ4n) is 2.52. The summed E-state index contributed by atoms with van der Waals surface area (Å²) in [5, 5.41) is 0. The van der Waals surface area contributed by atoms with E-state index in [1.807, 2.05) is 26.8 Å². The number of ketones is 1. The first-order valence-corrected chi connectivity index (χ1v) is 7.34. The topological polar surface area (TPSA) is 38.8 Å². The summed E-state index contributed by atoms with van der Waals surface area (Å²) < 4.78 is 10.7. The summed E-state index contributed by atoms with van der Waals surface area (Å²) in [4.78, 5) is 14.4. The minimum Gasteiger partial charge on any atom is -0.493 e. The lowest BCUT2D eigenvalue weighted by molar-refractivity contribution is -0.127. The molecule has 0 saturated heterocycles. The highest BCUT2D eigenvalue weighted by Crippen LogP contribution is 2.33. The standard InChI is InChI=1S/C17H25NO3/c1-17(2,3)16(19)11-18-7-6-12-8-14(20-4)15(21-5)9-13(12)10-18/h8-9H,6-7,10-11H2,1-5H3. The van der Waals surface area contributed by atoms with E-state index in [1.165, 1.54) is 11.1 Å². The summed E-state index contributed by atoms with van der Waals surface area (Å²) in [6, 6.07) is 4.08. The molecule has 0 amide bonds. The van der Waals surface area contributed by atoms with Gasteiger partial charge in [-0.1, -0.05) is 20.8 Å². The molecule has 0 aliphatic carbocycles. The molecule has 4 nitrogen and oxygen atoms in total. The Morgan fingerprint density at radius 3 is 2.24 bits per heavy atom. The molecular formula is C17H25NO3. The van der Waals surface area contributed by atoms with Crippen molar-refractivity contribution in [2.24, 2.45) is 5.41 Å². The lowest BCUT2D eigenvalue weighted by Crippen LogP contribution is -2.38. The summed E-state index contributed by atoms with van der Waals surface area (Å²) in [6.45, 7) is 8.13. The molecule has 21 heavy (non-hydrogen) atoms. The molecule has 1 aromatic rings. The van der Waals surface area contributed by atoms with Crippen LogP contribution in [0.15, 0.2) is 12.1 Å². The number of fused-ring (bicyclic) bond motifs is 1. The van der Waals surface area contributed by atoms with Crippen molar-refractivity contribution >= 4 is 5.78 Å². The Labute approximate surface area is 127 Å². The number of nitrogens with zero attached hydrogens (tertiary/aromatic N) is 1. The first-order valence-electron chi connectivity index (χ1n) is 7.34. The molecule has 1 heterocycles. The summed E-state index contributed by atoms with van der Waals surface area (Å²) in [5.74, 6) is 1.81. The molecule has 2 rings (SSSR count). The maximum atomic E-state index is 12.2. The SMILES string of the molecule is COc1cc2c(cc1OC)CN(CC(=O)C(C)(C)C)CC2. The van der Waals surface area contributed by atoms with Crippen LogP contribution in [0.2, 0.25) is 0 Å². The second-order valence-corrected chi connectivity index (χ2v) is 6.61. The van der Waals surface area contributed by atoms with Crippen LogP contribution in [0.3, 0.4) is 0 Å². The number of methoxy groups -OCH3 is 2. The molecular weight excluding hydrogens is 266 g/mol. The van der Waals surface area contributed by atoms with Crippen LogP contribution < -0.4 is 9.47 Å². The van der Waals surface area contributed by atoms with E-state index < -0.39 is 0 Å². The predicted octanol–water partition coefficient (Wildman–Crippen LogP) is 2.68.